The van der Waals surface area contributed by atoms with Crippen molar-refractivity contribution in [3.63, 3.8) is 0 Å². The predicted octanol–water partition coefficient (Wildman–Crippen LogP) is 0.650. The van der Waals surface area contributed by atoms with E-state index in [0.717, 1.165) is 4.31 Å². The van der Waals surface area contributed by atoms with Crippen LogP contribution in [0.2, 0.25) is 0 Å². The van der Waals surface area contributed by atoms with Crippen molar-refractivity contribution in [3.05, 3.63) is 29.8 Å². The number of hydrogen-bond donors (Lipinski definition) is 1. The van der Waals surface area contributed by atoms with Gasteiger partial charge in [0.05, 0.1) is 25.0 Å². The molecule has 8 heteroatoms. The van der Waals surface area contributed by atoms with E-state index in [-0.39, 0.29) is 17.2 Å². The van der Waals surface area contributed by atoms with E-state index in [0.29, 0.717) is 11.3 Å². The lowest BCUT2D eigenvalue weighted by molar-refractivity contribution is -0.140. The van der Waals surface area contributed by atoms with Crippen molar-refractivity contribution < 1.29 is 17.9 Å². The first-order valence-electron chi connectivity index (χ1n) is 5.71. The molecule has 0 aliphatic heterocycles. The summed E-state index contributed by atoms with van der Waals surface area (Å²) in [6, 6.07) is 6.49. The van der Waals surface area contributed by atoms with Crippen molar-refractivity contribution in [2.75, 3.05) is 24.2 Å². The molecular weight excluding hydrogens is 300 g/mol. The number of methoxy groups -OCH3 is 1. The number of carbonyl (C=O) groups excluding carboxylic acids is 1. The zero-order valence-electron chi connectivity index (χ0n) is 11.2. The number of benzene rings is 1. The average Bonchev–Trinajstić information content (AvgIpc) is 2.44. The number of esters is 1. The third-order valence-corrected chi connectivity index (χ3v) is 4.73. The van der Waals surface area contributed by atoms with Gasteiger partial charge in [-0.05, 0) is 24.3 Å². The number of ether oxygens (including phenoxy) is 1. The van der Waals surface area contributed by atoms with Crippen molar-refractivity contribution in [1.29, 1.82) is 0 Å². The number of nitrogens with zero attached hydrogens (tertiary/aromatic N) is 1. The van der Waals surface area contributed by atoms with Crippen LogP contribution in [0.4, 0.5) is 5.69 Å². The fourth-order valence-electron chi connectivity index (χ4n) is 1.45. The van der Waals surface area contributed by atoms with Crippen LogP contribution in [0.5, 0.6) is 0 Å². The molecule has 0 aliphatic carbocycles. The molecule has 1 aromatic rings. The van der Waals surface area contributed by atoms with Crippen LogP contribution in [0.3, 0.4) is 0 Å². The maximum Gasteiger partial charge on any atom is 0.306 e. The number of anilines is 1. The molecule has 0 saturated carbocycles. The minimum atomic E-state index is -3.58. The number of rotatable bonds is 6. The highest BCUT2D eigenvalue weighted by Crippen LogP contribution is 2.17. The lowest BCUT2D eigenvalue weighted by Gasteiger charge is -2.19. The van der Waals surface area contributed by atoms with Gasteiger partial charge in [-0.1, -0.05) is 12.2 Å². The smallest absolute Gasteiger partial charge is 0.306 e. The van der Waals surface area contributed by atoms with E-state index in [1.807, 2.05) is 0 Å². The van der Waals surface area contributed by atoms with Crippen LogP contribution < -0.4 is 10.0 Å². The molecule has 0 saturated heterocycles. The quantitative estimate of drug-likeness (QED) is 0.612. The molecule has 0 bridgehead atoms. The summed E-state index contributed by atoms with van der Waals surface area (Å²) in [4.78, 5) is 11.2. The van der Waals surface area contributed by atoms with E-state index < -0.39 is 16.0 Å². The number of thiocarbonyl (C=S) groups is 1. The van der Waals surface area contributed by atoms with Crippen molar-refractivity contribution in [3.8, 4) is 0 Å². The second-order valence-corrected chi connectivity index (χ2v) is 6.58. The van der Waals surface area contributed by atoms with Crippen molar-refractivity contribution in [2.45, 2.75) is 6.42 Å². The summed E-state index contributed by atoms with van der Waals surface area (Å²) in [6.07, 6.45) is -0.186. The topological polar surface area (TPSA) is 89.7 Å². The Morgan fingerprint density at radius 2 is 1.90 bits per heavy atom. The van der Waals surface area contributed by atoms with Crippen LogP contribution >= 0.6 is 12.2 Å². The summed E-state index contributed by atoms with van der Waals surface area (Å²) in [7, 11) is -0.949. The summed E-state index contributed by atoms with van der Waals surface area (Å²) in [5.41, 5.74) is 6.59. The summed E-state index contributed by atoms with van der Waals surface area (Å²) in [5.74, 6) is -0.876. The van der Waals surface area contributed by atoms with Crippen LogP contribution in [-0.4, -0.2) is 39.3 Å². The molecule has 20 heavy (non-hydrogen) atoms. The van der Waals surface area contributed by atoms with Crippen LogP contribution in [0.15, 0.2) is 24.3 Å². The molecule has 0 heterocycles. The van der Waals surface area contributed by atoms with Gasteiger partial charge >= 0.3 is 5.97 Å². The average molecular weight is 316 g/mol. The molecule has 110 valence electrons. The van der Waals surface area contributed by atoms with Crippen molar-refractivity contribution in [2.24, 2.45) is 5.73 Å². The second kappa shape index (κ2) is 6.67. The second-order valence-electron chi connectivity index (χ2n) is 4.02. The SMILES string of the molecule is COC(=O)CCS(=O)(=O)N(C)c1ccc(C(N)=S)cc1. The fourth-order valence-corrected chi connectivity index (χ4v) is 2.73. The highest BCUT2D eigenvalue weighted by molar-refractivity contribution is 7.92. The molecule has 0 radical (unpaired) electrons. The lowest BCUT2D eigenvalue weighted by atomic mass is 10.2. The normalized spacial score (nSPS) is 10.9. The van der Waals surface area contributed by atoms with Gasteiger partial charge in [-0.25, -0.2) is 8.42 Å². The minimum absolute atomic E-state index is 0.186. The molecule has 0 unspecified atom stereocenters. The minimum Gasteiger partial charge on any atom is -0.469 e. The lowest BCUT2D eigenvalue weighted by Crippen LogP contribution is -2.30. The van der Waals surface area contributed by atoms with E-state index >= 15 is 0 Å². The van der Waals surface area contributed by atoms with Crippen molar-refractivity contribution >= 4 is 38.9 Å². The highest BCUT2D eigenvalue weighted by Gasteiger charge is 2.20. The van der Waals surface area contributed by atoms with Gasteiger partial charge in [-0.15, -0.1) is 0 Å². The van der Waals surface area contributed by atoms with Gasteiger partial charge in [-0.3, -0.25) is 9.10 Å². The third kappa shape index (κ3) is 4.17. The summed E-state index contributed by atoms with van der Waals surface area (Å²) >= 11 is 4.82. The summed E-state index contributed by atoms with van der Waals surface area (Å²) in [6.45, 7) is 0. The Bertz CT molecular complexity index is 596. The summed E-state index contributed by atoms with van der Waals surface area (Å²) < 4.78 is 29.6. The molecule has 0 aliphatic rings. The molecule has 1 aromatic carbocycles. The van der Waals surface area contributed by atoms with Gasteiger partial charge < -0.3 is 10.5 Å². The van der Waals surface area contributed by atoms with Gasteiger partial charge in [0.25, 0.3) is 0 Å². The van der Waals surface area contributed by atoms with Crippen LogP contribution in [0.25, 0.3) is 0 Å². The Labute approximate surface area is 123 Å². The molecular formula is C12H16N2O4S2. The van der Waals surface area contributed by atoms with Crippen LogP contribution in [0.1, 0.15) is 12.0 Å². The monoisotopic (exact) mass is 316 g/mol. The first-order chi connectivity index (χ1) is 9.27. The van der Waals surface area contributed by atoms with Gasteiger partial charge in [0.15, 0.2) is 0 Å². The highest BCUT2D eigenvalue weighted by atomic mass is 32.2. The molecule has 0 amide bonds. The molecule has 0 spiro atoms. The van der Waals surface area contributed by atoms with E-state index in [4.69, 9.17) is 18.0 Å². The molecule has 6 nitrogen and oxygen atoms in total. The van der Waals surface area contributed by atoms with Gasteiger partial charge in [0, 0.05) is 12.6 Å². The van der Waals surface area contributed by atoms with Gasteiger partial charge in [0.1, 0.15) is 4.99 Å². The number of carbonyl (C=O) groups is 1. The molecule has 0 atom stereocenters. The van der Waals surface area contributed by atoms with Crippen LogP contribution in [-0.2, 0) is 19.6 Å². The maximum absolute atomic E-state index is 12.0. The van der Waals surface area contributed by atoms with Gasteiger partial charge in [0.2, 0.25) is 10.0 Å². The third-order valence-electron chi connectivity index (χ3n) is 2.72. The number of hydrogen-bond acceptors (Lipinski definition) is 5. The molecule has 2 N–H and O–H groups in total. The Kier molecular flexibility index (Phi) is 5.46. The van der Waals surface area contributed by atoms with E-state index in [9.17, 15) is 13.2 Å². The summed E-state index contributed by atoms with van der Waals surface area (Å²) in [5, 5.41) is 0. The van der Waals surface area contributed by atoms with Gasteiger partial charge in [-0.2, -0.15) is 0 Å². The number of nitrogens with two attached hydrogens (primary N) is 1. The zero-order valence-corrected chi connectivity index (χ0v) is 12.8. The molecule has 0 aromatic heterocycles. The Morgan fingerprint density at radius 3 is 2.35 bits per heavy atom. The largest absolute Gasteiger partial charge is 0.469 e. The van der Waals surface area contributed by atoms with E-state index in [1.54, 1.807) is 24.3 Å². The maximum atomic E-state index is 12.0. The number of sulfonamides is 1. The molecule has 1 rings (SSSR count). The standard InChI is InChI=1S/C12H16N2O4S2/c1-14(20(16,17)8-7-11(15)18-2)10-5-3-9(4-6-10)12(13)19/h3-6H,7-8H2,1-2H3,(H2,13,19). The fraction of sp³-hybridized carbons (Fsp3) is 0.333. The zero-order chi connectivity index (χ0) is 15.3. The Morgan fingerprint density at radius 1 is 1.35 bits per heavy atom. The van der Waals surface area contributed by atoms with Crippen molar-refractivity contribution in [1.82, 2.24) is 0 Å². The first-order valence-corrected chi connectivity index (χ1v) is 7.73. The van der Waals surface area contributed by atoms with Crippen LogP contribution in [0, 0.1) is 0 Å². The van der Waals surface area contributed by atoms with E-state index in [2.05, 4.69) is 4.74 Å². The predicted molar refractivity (Wildman–Crippen MR) is 81.2 cm³/mol. The van der Waals surface area contributed by atoms with E-state index in [1.165, 1.54) is 14.2 Å². The first kappa shape index (κ1) is 16.4. The molecule has 0 fully saturated rings. The Balaban J connectivity index is 2.84. The Hall–Kier alpha value is -1.67.